The van der Waals surface area contributed by atoms with Crippen molar-refractivity contribution in [3.05, 3.63) is 35.4 Å². The van der Waals surface area contributed by atoms with Crippen molar-refractivity contribution >= 4 is 16.2 Å². The Morgan fingerprint density at radius 2 is 2.05 bits per heavy atom. The molecule has 1 atom stereocenters. The summed E-state index contributed by atoms with van der Waals surface area (Å²) < 4.78 is 32.7. The number of carbonyl (C=O) groups is 1. The van der Waals surface area contributed by atoms with E-state index in [0.717, 1.165) is 11.1 Å². The summed E-state index contributed by atoms with van der Waals surface area (Å²) in [5, 5.41) is 0. The van der Waals surface area contributed by atoms with Crippen LogP contribution in [0.25, 0.3) is 0 Å². The van der Waals surface area contributed by atoms with Gasteiger partial charge in [-0.3, -0.25) is 4.79 Å². The van der Waals surface area contributed by atoms with Crippen LogP contribution in [0.2, 0.25) is 0 Å². The van der Waals surface area contributed by atoms with Gasteiger partial charge in [0.15, 0.2) is 0 Å². The Labute approximate surface area is 131 Å². The van der Waals surface area contributed by atoms with Crippen molar-refractivity contribution < 1.29 is 17.9 Å². The van der Waals surface area contributed by atoms with Gasteiger partial charge in [-0.15, -0.1) is 0 Å². The zero-order valence-electron chi connectivity index (χ0n) is 13.2. The van der Waals surface area contributed by atoms with Gasteiger partial charge in [0.2, 0.25) is 0 Å². The third kappa shape index (κ3) is 3.31. The molecule has 0 N–H and O–H groups in total. The van der Waals surface area contributed by atoms with Gasteiger partial charge in [0, 0.05) is 20.6 Å². The molecule has 1 heterocycles. The van der Waals surface area contributed by atoms with Crippen LogP contribution in [0.1, 0.15) is 30.5 Å². The van der Waals surface area contributed by atoms with Gasteiger partial charge >= 0.3 is 5.97 Å². The molecule has 1 aliphatic heterocycles. The highest BCUT2D eigenvalue weighted by molar-refractivity contribution is 7.86. The van der Waals surface area contributed by atoms with Crippen molar-refractivity contribution in [1.82, 2.24) is 8.61 Å². The molecule has 0 unspecified atom stereocenters. The van der Waals surface area contributed by atoms with Gasteiger partial charge < -0.3 is 4.74 Å². The lowest BCUT2D eigenvalue weighted by Gasteiger charge is -2.37. The van der Waals surface area contributed by atoms with Crippen molar-refractivity contribution in [3.63, 3.8) is 0 Å². The van der Waals surface area contributed by atoms with Gasteiger partial charge in [0.1, 0.15) is 0 Å². The molecular formula is C15H22N2O4S. The van der Waals surface area contributed by atoms with Gasteiger partial charge in [-0.05, 0) is 24.5 Å². The van der Waals surface area contributed by atoms with Crippen LogP contribution >= 0.6 is 0 Å². The standard InChI is InChI=1S/C15H22N2O4S/c1-4-21-15(18)11-14-13-8-6-5-7-12(13)9-10-17(14)22(19,20)16(2)3/h5-8,14H,4,9-11H2,1-3H3/t14-/m1/s1. The Bertz CT molecular complexity index is 643. The van der Waals surface area contributed by atoms with E-state index in [2.05, 4.69) is 0 Å². The second-order valence-corrected chi connectivity index (χ2v) is 7.47. The molecule has 2 rings (SSSR count). The first-order chi connectivity index (χ1) is 10.4. The summed E-state index contributed by atoms with van der Waals surface area (Å²) in [6.07, 6.45) is 0.667. The minimum Gasteiger partial charge on any atom is -0.466 e. The van der Waals surface area contributed by atoms with E-state index < -0.39 is 16.3 Å². The third-order valence-corrected chi connectivity index (χ3v) is 5.74. The summed E-state index contributed by atoms with van der Waals surface area (Å²) in [7, 11) is -0.599. The molecule has 0 amide bonds. The summed E-state index contributed by atoms with van der Waals surface area (Å²) in [6, 6.07) is 7.14. The van der Waals surface area contributed by atoms with E-state index in [1.165, 1.54) is 22.7 Å². The van der Waals surface area contributed by atoms with Crippen LogP contribution in [0.3, 0.4) is 0 Å². The van der Waals surface area contributed by atoms with Crippen LogP contribution < -0.4 is 0 Å². The topological polar surface area (TPSA) is 66.9 Å². The predicted octanol–water partition coefficient (Wildman–Crippen LogP) is 1.35. The quantitative estimate of drug-likeness (QED) is 0.766. The smallest absolute Gasteiger partial charge is 0.307 e. The van der Waals surface area contributed by atoms with Crippen LogP contribution in [0, 0.1) is 0 Å². The van der Waals surface area contributed by atoms with Crippen molar-refractivity contribution in [2.24, 2.45) is 0 Å². The number of rotatable bonds is 5. The van der Waals surface area contributed by atoms with E-state index >= 15 is 0 Å². The molecular weight excluding hydrogens is 304 g/mol. The largest absolute Gasteiger partial charge is 0.466 e. The molecule has 0 saturated carbocycles. The summed E-state index contributed by atoms with van der Waals surface area (Å²) >= 11 is 0. The lowest BCUT2D eigenvalue weighted by Crippen LogP contribution is -2.46. The summed E-state index contributed by atoms with van der Waals surface area (Å²) in [5.41, 5.74) is 1.97. The predicted molar refractivity (Wildman–Crippen MR) is 83.4 cm³/mol. The average Bonchev–Trinajstić information content (AvgIpc) is 2.47. The molecule has 1 aromatic rings. The second-order valence-electron chi connectivity index (χ2n) is 5.37. The lowest BCUT2D eigenvalue weighted by molar-refractivity contribution is -0.144. The minimum absolute atomic E-state index is 0.0257. The van der Waals surface area contributed by atoms with Crippen molar-refractivity contribution in [3.8, 4) is 0 Å². The van der Waals surface area contributed by atoms with Crippen LogP contribution in [-0.2, 0) is 26.2 Å². The monoisotopic (exact) mass is 326 g/mol. The third-order valence-electron chi connectivity index (χ3n) is 3.79. The van der Waals surface area contributed by atoms with Gasteiger partial charge in [0.05, 0.1) is 19.1 Å². The van der Waals surface area contributed by atoms with E-state index in [1.807, 2.05) is 24.3 Å². The number of ether oxygens (including phenoxy) is 1. The first-order valence-corrected chi connectivity index (χ1v) is 8.70. The normalized spacial score (nSPS) is 19.0. The number of carbonyl (C=O) groups excluding carboxylic acids is 1. The Morgan fingerprint density at radius 3 is 2.68 bits per heavy atom. The fourth-order valence-electron chi connectivity index (χ4n) is 2.70. The van der Waals surface area contributed by atoms with Crippen LogP contribution in [0.4, 0.5) is 0 Å². The molecule has 7 heteroatoms. The summed E-state index contributed by atoms with van der Waals surface area (Å²) in [5.74, 6) is -0.386. The van der Waals surface area contributed by atoms with Crippen molar-refractivity contribution in [2.45, 2.75) is 25.8 Å². The van der Waals surface area contributed by atoms with Gasteiger partial charge in [-0.1, -0.05) is 24.3 Å². The lowest BCUT2D eigenvalue weighted by atomic mass is 9.92. The van der Waals surface area contributed by atoms with E-state index in [9.17, 15) is 13.2 Å². The number of benzene rings is 1. The molecule has 122 valence electrons. The number of hydrogen-bond acceptors (Lipinski definition) is 4. The molecule has 0 bridgehead atoms. The Kier molecular flexibility index (Phi) is 5.20. The van der Waals surface area contributed by atoms with Crippen LogP contribution in [0.5, 0.6) is 0 Å². The van der Waals surface area contributed by atoms with E-state index in [-0.39, 0.29) is 19.0 Å². The van der Waals surface area contributed by atoms with Crippen molar-refractivity contribution in [1.29, 1.82) is 0 Å². The highest BCUT2D eigenvalue weighted by Crippen LogP contribution is 2.34. The van der Waals surface area contributed by atoms with E-state index in [4.69, 9.17) is 4.74 Å². The average molecular weight is 326 g/mol. The zero-order valence-corrected chi connectivity index (χ0v) is 14.0. The first-order valence-electron chi connectivity index (χ1n) is 7.30. The summed E-state index contributed by atoms with van der Waals surface area (Å²) in [6.45, 7) is 2.39. The number of nitrogens with zero attached hydrogens (tertiary/aromatic N) is 2. The second kappa shape index (κ2) is 6.76. The SMILES string of the molecule is CCOC(=O)C[C@@H]1c2ccccc2CCN1S(=O)(=O)N(C)C. The molecule has 0 fully saturated rings. The highest BCUT2D eigenvalue weighted by Gasteiger charge is 2.37. The molecule has 1 aliphatic rings. The number of esters is 1. The molecule has 1 aromatic carbocycles. The fourth-order valence-corrected chi connectivity index (χ4v) is 3.96. The van der Waals surface area contributed by atoms with E-state index in [0.29, 0.717) is 13.0 Å². The van der Waals surface area contributed by atoms with E-state index in [1.54, 1.807) is 6.92 Å². The molecule has 0 radical (unpaired) electrons. The number of hydrogen-bond donors (Lipinski definition) is 0. The highest BCUT2D eigenvalue weighted by atomic mass is 32.2. The van der Waals surface area contributed by atoms with Gasteiger partial charge in [0.25, 0.3) is 10.2 Å². The van der Waals surface area contributed by atoms with Crippen molar-refractivity contribution in [2.75, 3.05) is 27.2 Å². The molecule has 0 spiro atoms. The van der Waals surface area contributed by atoms with Crippen LogP contribution in [0.15, 0.2) is 24.3 Å². The molecule has 22 heavy (non-hydrogen) atoms. The van der Waals surface area contributed by atoms with Gasteiger partial charge in [-0.25, -0.2) is 0 Å². The molecule has 0 saturated heterocycles. The molecule has 6 nitrogen and oxygen atoms in total. The Hall–Kier alpha value is -1.44. The maximum atomic E-state index is 12.5. The fraction of sp³-hybridized carbons (Fsp3) is 0.533. The molecule has 0 aromatic heterocycles. The first kappa shape index (κ1) is 16.9. The summed E-state index contributed by atoms with van der Waals surface area (Å²) in [4.78, 5) is 11.9. The Balaban J connectivity index is 2.40. The minimum atomic E-state index is -3.59. The van der Waals surface area contributed by atoms with Gasteiger partial charge in [-0.2, -0.15) is 17.0 Å². The van der Waals surface area contributed by atoms with Crippen LogP contribution in [-0.4, -0.2) is 50.2 Å². The molecule has 0 aliphatic carbocycles. The number of fused-ring (bicyclic) bond motifs is 1. The maximum absolute atomic E-state index is 12.5. The maximum Gasteiger partial charge on any atom is 0.307 e. The Morgan fingerprint density at radius 1 is 1.36 bits per heavy atom. The zero-order chi connectivity index (χ0) is 16.3.